The predicted octanol–water partition coefficient (Wildman–Crippen LogP) is 2.91. The summed E-state index contributed by atoms with van der Waals surface area (Å²) in [5.74, 6) is -0.312. The van der Waals surface area contributed by atoms with E-state index in [1.165, 1.54) is 10.9 Å². The molecule has 1 aromatic heterocycles. The molecule has 0 saturated heterocycles. The zero-order chi connectivity index (χ0) is 15.7. The van der Waals surface area contributed by atoms with Gasteiger partial charge in [0.05, 0.1) is 16.9 Å². The molecule has 0 amide bonds. The van der Waals surface area contributed by atoms with Gasteiger partial charge in [0.25, 0.3) is 0 Å². The molecule has 0 fully saturated rings. The van der Waals surface area contributed by atoms with Crippen LogP contribution in [0.25, 0.3) is 0 Å². The molecule has 0 saturated carbocycles. The van der Waals surface area contributed by atoms with Gasteiger partial charge < -0.3 is 10.1 Å². The molecule has 110 valence electrons. The molecule has 0 bridgehead atoms. The van der Waals surface area contributed by atoms with Gasteiger partial charge >= 0.3 is 5.82 Å². The fourth-order valence-electron chi connectivity index (χ4n) is 2.27. The predicted molar refractivity (Wildman–Crippen MR) is 78.6 cm³/mol. The molecule has 0 unspecified atom stereocenters. The fourth-order valence-corrected chi connectivity index (χ4v) is 2.27. The highest BCUT2D eigenvalue weighted by Crippen LogP contribution is 2.18. The maximum Gasteiger partial charge on any atom is 0.392 e. The average molecular weight is 287 g/mol. The summed E-state index contributed by atoms with van der Waals surface area (Å²) >= 11 is 0. The summed E-state index contributed by atoms with van der Waals surface area (Å²) in [6.45, 7) is 7.44. The molecule has 0 atom stereocenters. The van der Waals surface area contributed by atoms with E-state index in [-0.39, 0.29) is 18.1 Å². The van der Waals surface area contributed by atoms with E-state index in [4.69, 9.17) is 0 Å². The lowest BCUT2D eigenvalue weighted by molar-refractivity contribution is -0.390. The Morgan fingerprint density at radius 2 is 1.76 bits per heavy atom. The van der Waals surface area contributed by atoms with Crippen molar-refractivity contribution >= 4 is 11.6 Å². The van der Waals surface area contributed by atoms with Gasteiger partial charge in [-0.25, -0.2) is 0 Å². The standard InChI is InChI=1S/C15H17N3O3/c1-9-5-11(3)13(6-10(9)2)14(19)8-17-7-12(4)15(16-17)18(20)21/h5-7H,8H2,1-4H3. The van der Waals surface area contributed by atoms with Crippen LogP contribution in [0.5, 0.6) is 0 Å². The van der Waals surface area contributed by atoms with Gasteiger partial charge in [0.2, 0.25) is 0 Å². The molecule has 6 heteroatoms. The molecule has 1 aromatic carbocycles. The first-order valence-electron chi connectivity index (χ1n) is 6.59. The minimum Gasteiger partial charge on any atom is -0.358 e. The number of nitro groups is 1. The Balaban J connectivity index is 2.28. The summed E-state index contributed by atoms with van der Waals surface area (Å²) in [7, 11) is 0. The smallest absolute Gasteiger partial charge is 0.358 e. The summed E-state index contributed by atoms with van der Waals surface area (Å²) in [5, 5.41) is 14.6. The van der Waals surface area contributed by atoms with Crippen molar-refractivity contribution in [3.63, 3.8) is 0 Å². The van der Waals surface area contributed by atoms with Crippen LogP contribution in [-0.2, 0) is 6.54 Å². The highest BCUT2D eigenvalue weighted by Gasteiger charge is 2.20. The van der Waals surface area contributed by atoms with Crippen LogP contribution in [0, 0.1) is 37.8 Å². The lowest BCUT2D eigenvalue weighted by atomic mass is 9.98. The van der Waals surface area contributed by atoms with E-state index in [0.29, 0.717) is 11.1 Å². The first kappa shape index (κ1) is 14.9. The Labute approximate surface area is 122 Å². The molecule has 0 aliphatic rings. The van der Waals surface area contributed by atoms with Gasteiger partial charge in [-0.05, 0) is 55.4 Å². The van der Waals surface area contributed by atoms with Crippen LogP contribution < -0.4 is 0 Å². The minimum absolute atomic E-state index is 0.00196. The summed E-state index contributed by atoms with van der Waals surface area (Å²) < 4.78 is 1.32. The lowest BCUT2D eigenvalue weighted by Gasteiger charge is -2.08. The number of rotatable bonds is 4. The Hall–Kier alpha value is -2.50. The third-order valence-corrected chi connectivity index (χ3v) is 3.54. The van der Waals surface area contributed by atoms with Gasteiger partial charge in [-0.3, -0.25) is 4.79 Å². The molecule has 6 nitrogen and oxygen atoms in total. The van der Waals surface area contributed by atoms with Gasteiger partial charge in [0.1, 0.15) is 6.54 Å². The van der Waals surface area contributed by atoms with Crippen molar-refractivity contribution in [2.75, 3.05) is 0 Å². The molecule has 2 aromatic rings. The third-order valence-electron chi connectivity index (χ3n) is 3.54. The topological polar surface area (TPSA) is 78.0 Å². The second-order valence-electron chi connectivity index (χ2n) is 5.26. The van der Waals surface area contributed by atoms with Gasteiger partial charge in [-0.2, -0.15) is 4.68 Å². The highest BCUT2D eigenvalue weighted by atomic mass is 16.6. The minimum atomic E-state index is -0.544. The van der Waals surface area contributed by atoms with Gasteiger partial charge in [-0.1, -0.05) is 6.07 Å². The van der Waals surface area contributed by atoms with Crippen molar-refractivity contribution in [1.82, 2.24) is 9.78 Å². The molecule has 2 rings (SSSR count). The number of carbonyl (C=O) groups excluding carboxylic acids is 1. The summed E-state index contributed by atoms with van der Waals surface area (Å²) in [4.78, 5) is 22.6. The molecular formula is C15H17N3O3. The van der Waals surface area contributed by atoms with E-state index in [1.54, 1.807) is 6.92 Å². The second kappa shape index (κ2) is 5.47. The molecule has 0 radical (unpaired) electrons. The number of benzene rings is 1. The highest BCUT2D eigenvalue weighted by molar-refractivity contribution is 5.97. The number of nitrogens with zero attached hydrogens (tertiary/aromatic N) is 3. The van der Waals surface area contributed by atoms with E-state index in [0.717, 1.165) is 16.7 Å². The average Bonchev–Trinajstić information content (AvgIpc) is 2.74. The molecular weight excluding hydrogens is 270 g/mol. The Morgan fingerprint density at radius 3 is 2.33 bits per heavy atom. The SMILES string of the molecule is Cc1cc(C)c(C(=O)Cn2cc(C)c([N+](=O)[O-])n2)cc1C. The normalized spacial score (nSPS) is 10.7. The van der Waals surface area contributed by atoms with Crippen LogP contribution in [0.2, 0.25) is 0 Å². The fraction of sp³-hybridized carbons (Fsp3) is 0.333. The van der Waals surface area contributed by atoms with E-state index in [2.05, 4.69) is 5.10 Å². The van der Waals surface area contributed by atoms with Crippen molar-refractivity contribution in [2.45, 2.75) is 34.2 Å². The van der Waals surface area contributed by atoms with Crippen LogP contribution in [0.4, 0.5) is 5.82 Å². The van der Waals surface area contributed by atoms with Crippen molar-refractivity contribution in [3.05, 3.63) is 56.3 Å². The third kappa shape index (κ3) is 2.99. The number of Topliss-reactive ketones (excluding diaryl/α,β-unsaturated/α-hetero) is 1. The number of ketones is 1. The molecule has 0 aliphatic heterocycles. The molecule has 0 N–H and O–H groups in total. The zero-order valence-corrected chi connectivity index (χ0v) is 12.5. The Bertz CT molecular complexity index is 732. The summed E-state index contributed by atoms with van der Waals surface area (Å²) in [5.41, 5.74) is 4.17. The van der Waals surface area contributed by atoms with Crippen molar-refractivity contribution in [3.8, 4) is 0 Å². The van der Waals surface area contributed by atoms with Crippen molar-refractivity contribution in [1.29, 1.82) is 0 Å². The lowest BCUT2D eigenvalue weighted by Crippen LogP contribution is -2.13. The van der Waals surface area contributed by atoms with E-state index < -0.39 is 4.92 Å². The summed E-state index contributed by atoms with van der Waals surface area (Å²) in [6.07, 6.45) is 1.52. The first-order valence-corrected chi connectivity index (χ1v) is 6.59. The maximum absolute atomic E-state index is 12.4. The van der Waals surface area contributed by atoms with Crippen LogP contribution in [-0.4, -0.2) is 20.5 Å². The maximum atomic E-state index is 12.4. The van der Waals surface area contributed by atoms with Crippen LogP contribution >= 0.6 is 0 Å². The van der Waals surface area contributed by atoms with Crippen molar-refractivity contribution < 1.29 is 9.72 Å². The molecule has 0 spiro atoms. The number of aryl methyl sites for hydroxylation is 4. The van der Waals surface area contributed by atoms with Crippen LogP contribution in [0.1, 0.15) is 32.6 Å². The first-order chi connectivity index (χ1) is 9.79. The zero-order valence-electron chi connectivity index (χ0n) is 12.5. The van der Waals surface area contributed by atoms with E-state index >= 15 is 0 Å². The Morgan fingerprint density at radius 1 is 1.14 bits per heavy atom. The van der Waals surface area contributed by atoms with E-state index in [1.807, 2.05) is 32.9 Å². The number of hydrogen-bond acceptors (Lipinski definition) is 4. The monoisotopic (exact) mass is 287 g/mol. The van der Waals surface area contributed by atoms with Gasteiger partial charge in [0.15, 0.2) is 5.78 Å². The quantitative estimate of drug-likeness (QED) is 0.492. The second-order valence-corrected chi connectivity index (χ2v) is 5.26. The Kier molecular flexibility index (Phi) is 3.88. The number of aromatic nitrogens is 2. The molecule has 21 heavy (non-hydrogen) atoms. The van der Waals surface area contributed by atoms with Crippen LogP contribution in [0.15, 0.2) is 18.3 Å². The van der Waals surface area contributed by atoms with Crippen molar-refractivity contribution in [2.24, 2.45) is 0 Å². The molecule has 0 aliphatic carbocycles. The number of hydrogen-bond donors (Lipinski definition) is 0. The van der Waals surface area contributed by atoms with Crippen LogP contribution in [0.3, 0.4) is 0 Å². The largest absolute Gasteiger partial charge is 0.392 e. The summed E-state index contributed by atoms with van der Waals surface area (Å²) in [6, 6.07) is 3.83. The number of carbonyl (C=O) groups is 1. The molecule has 1 heterocycles. The van der Waals surface area contributed by atoms with Gasteiger partial charge in [-0.15, -0.1) is 0 Å². The van der Waals surface area contributed by atoms with E-state index in [9.17, 15) is 14.9 Å². The van der Waals surface area contributed by atoms with Gasteiger partial charge in [0, 0.05) is 5.56 Å².